The van der Waals surface area contributed by atoms with E-state index in [1.807, 2.05) is 50.2 Å². The lowest BCUT2D eigenvalue weighted by Gasteiger charge is -2.17. The molecule has 3 aromatic carbocycles. The quantitative estimate of drug-likeness (QED) is 0.349. The number of fused-ring (bicyclic) bond motifs is 1. The minimum absolute atomic E-state index is 0. The number of hydrogen-bond donors (Lipinski definition) is 2. The smallest absolute Gasteiger partial charge is 0.240 e. The van der Waals surface area contributed by atoms with Gasteiger partial charge in [-0.25, -0.2) is 13.1 Å². The summed E-state index contributed by atoms with van der Waals surface area (Å²) in [6.45, 7) is 3.90. The minimum Gasteiger partial charge on any atom is -0.454 e. The van der Waals surface area contributed by atoms with Crippen molar-refractivity contribution in [3.8, 4) is 22.6 Å². The average Bonchev–Trinajstić information content (AvgIpc) is 3.60. The summed E-state index contributed by atoms with van der Waals surface area (Å²) in [5.74, 6) is 1.59. The summed E-state index contributed by atoms with van der Waals surface area (Å²) < 4.78 is 39.1. The van der Waals surface area contributed by atoms with Crippen molar-refractivity contribution in [3.05, 3.63) is 77.4 Å². The van der Waals surface area contributed by atoms with Crippen LogP contribution >= 0.6 is 0 Å². The molecule has 5 rings (SSSR count). The van der Waals surface area contributed by atoms with Crippen LogP contribution in [-0.4, -0.2) is 38.7 Å². The first kappa shape index (κ1) is 26.4. The lowest BCUT2D eigenvalue weighted by atomic mass is 9.87. The highest BCUT2D eigenvalue weighted by molar-refractivity contribution is 7.89. The summed E-state index contributed by atoms with van der Waals surface area (Å²) in [7, 11) is -3.74. The SMILES string of the molecule is CCC[C@@H](CO)NS(=O)(=O)c1ccc(-c2cc(CC(=O)C3(c4ccc5c(c4)OCO5)CC3)ccc2C)cc1.[HH].[HH]. The summed E-state index contributed by atoms with van der Waals surface area (Å²) in [5.41, 5.74) is 4.30. The second kappa shape index (κ2) is 10.5. The fraction of sp³-hybridized carbons (Fsp3) is 0.367. The lowest BCUT2D eigenvalue weighted by molar-refractivity contribution is -0.120. The van der Waals surface area contributed by atoms with Gasteiger partial charge in [-0.1, -0.05) is 49.7 Å². The van der Waals surface area contributed by atoms with Crippen molar-refractivity contribution in [1.29, 1.82) is 0 Å². The standard InChI is InChI=1S/C30H33NO6S.2H2/c1-3-4-24(18-32)31-38(34,35)25-10-7-22(8-11-25)26-15-21(6-5-20(26)2)16-29(33)30(13-14-30)23-9-12-27-28(17-23)37-19-36-27;;/h5-12,15,17,24,31-32H,3-4,13-14,16,18-19H2,1-2H3;2*1H/t24-;;/m0../s1. The predicted octanol–water partition coefficient (Wildman–Crippen LogP) is 5.17. The molecule has 1 saturated carbocycles. The van der Waals surface area contributed by atoms with Gasteiger partial charge in [-0.15, -0.1) is 0 Å². The molecule has 8 heteroatoms. The molecule has 0 aromatic heterocycles. The predicted molar refractivity (Wildman–Crippen MR) is 149 cm³/mol. The van der Waals surface area contributed by atoms with Gasteiger partial charge in [0.1, 0.15) is 5.78 Å². The minimum atomic E-state index is -3.74. The van der Waals surface area contributed by atoms with Crippen molar-refractivity contribution in [3.63, 3.8) is 0 Å². The number of carbonyl (C=O) groups is 1. The van der Waals surface area contributed by atoms with Gasteiger partial charge in [0.05, 0.1) is 16.9 Å². The Morgan fingerprint density at radius 1 is 1.05 bits per heavy atom. The molecule has 7 nitrogen and oxygen atoms in total. The monoisotopic (exact) mass is 539 g/mol. The van der Waals surface area contributed by atoms with Crippen LogP contribution in [0, 0.1) is 6.92 Å². The summed E-state index contributed by atoms with van der Waals surface area (Å²) in [6.07, 6.45) is 3.29. The maximum absolute atomic E-state index is 13.5. The molecule has 0 saturated heterocycles. The molecule has 1 fully saturated rings. The highest BCUT2D eigenvalue weighted by Gasteiger charge is 2.50. The molecule has 0 bridgehead atoms. The van der Waals surface area contributed by atoms with Gasteiger partial charge in [-0.05, 0) is 78.3 Å². The van der Waals surface area contributed by atoms with Crippen LogP contribution in [0.2, 0.25) is 0 Å². The first-order valence-electron chi connectivity index (χ1n) is 13.0. The van der Waals surface area contributed by atoms with E-state index in [1.165, 1.54) is 0 Å². The van der Waals surface area contributed by atoms with Gasteiger partial charge < -0.3 is 14.6 Å². The summed E-state index contributed by atoms with van der Waals surface area (Å²) in [6, 6.07) is 18.0. The van der Waals surface area contributed by atoms with Crippen LogP contribution in [-0.2, 0) is 26.7 Å². The van der Waals surface area contributed by atoms with E-state index in [0.29, 0.717) is 24.3 Å². The number of nitrogens with one attached hydrogen (secondary N) is 1. The Morgan fingerprint density at radius 2 is 1.79 bits per heavy atom. The molecular formula is C30H37NO6S. The number of carbonyl (C=O) groups excluding carboxylic acids is 1. The lowest BCUT2D eigenvalue weighted by Crippen LogP contribution is -2.37. The molecule has 0 spiro atoms. The van der Waals surface area contributed by atoms with E-state index >= 15 is 0 Å². The molecule has 1 heterocycles. The number of hydrogen-bond acceptors (Lipinski definition) is 6. The first-order valence-corrected chi connectivity index (χ1v) is 14.5. The molecule has 204 valence electrons. The molecule has 2 N–H and O–H groups in total. The Hall–Kier alpha value is -3.20. The number of aliphatic hydroxyl groups is 1. The number of rotatable bonds is 11. The van der Waals surface area contributed by atoms with Gasteiger partial charge >= 0.3 is 0 Å². The molecule has 0 radical (unpaired) electrons. The van der Waals surface area contributed by atoms with E-state index in [-0.39, 0.29) is 26.9 Å². The number of aliphatic hydroxyl groups excluding tert-OH is 1. The van der Waals surface area contributed by atoms with E-state index in [4.69, 9.17) is 9.47 Å². The maximum atomic E-state index is 13.5. The van der Waals surface area contributed by atoms with Crippen LogP contribution in [0.15, 0.2) is 65.6 Å². The number of sulfonamides is 1. The zero-order chi connectivity index (χ0) is 26.9. The molecule has 1 aliphatic carbocycles. The molecule has 1 atom stereocenters. The second-order valence-corrected chi connectivity index (χ2v) is 11.9. The Morgan fingerprint density at radius 3 is 2.47 bits per heavy atom. The zero-order valence-corrected chi connectivity index (χ0v) is 22.5. The van der Waals surface area contributed by atoms with Gasteiger partial charge in [-0.3, -0.25) is 4.79 Å². The van der Waals surface area contributed by atoms with E-state index in [1.54, 1.807) is 24.3 Å². The van der Waals surface area contributed by atoms with Gasteiger partial charge in [0.2, 0.25) is 16.8 Å². The topological polar surface area (TPSA) is 102 Å². The van der Waals surface area contributed by atoms with Gasteiger partial charge in [-0.2, -0.15) is 0 Å². The molecule has 0 unspecified atom stereocenters. The Kier molecular flexibility index (Phi) is 7.31. The third kappa shape index (κ3) is 5.21. The molecule has 1 aliphatic heterocycles. The highest BCUT2D eigenvalue weighted by Crippen LogP contribution is 2.51. The van der Waals surface area contributed by atoms with Crippen molar-refractivity contribution in [2.75, 3.05) is 13.4 Å². The number of ketones is 1. The van der Waals surface area contributed by atoms with Crippen LogP contribution in [0.1, 0.15) is 52.2 Å². The van der Waals surface area contributed by atoms with Crippen molar-refractivity contribution >= 4 is 15.8 Å². The molecule has 0 amide bonds. The summed E-state index contributed by atoms with van der Waals surface area (Å²) in [5, 5.41) is 9.47. The fourth-order valence-electron chi connectivity index (χ4n) is 5.13. The molecule has 3 aromatic rings. The number of aryl methyl sites for hydroxylation is 1. The van der Waals surface area contributed by atoms with Crippen molar-refractivity contribution < 1.29 is 30.6 Å². The van der Waals surface area contributed by atoms with E-state index in [9.17, 15) is 18.3 Å². The molecule has 38 heavy (non-hydrogen) atoms. The fourth-order valence-corrected chi connectivity index (χ4v) is 6.39. The van der Waals surface area contributed by atoms with Crippen LogP contribution in [0.5, 0.6) is 11.5 Å². The van der Waals surface area contributed by atoms with Crippen molar-refractivity contribution in [1.82, 2.24) is 4.72 Å². The van der Waals surface area contributed by atoms with Crippen LogP contribution in [0.3, 0.4) is 0 Å². The van der Waals surface area contributed by atoms with Crippen molar-refractivity contribution in [2.24, 2.45) is 0 Å². The van der Waals surface area contributed by atoms with Crippen LogP contribution < -0.4 is 14.2 Å². The molecular weight excluding hydrogens is 502 g/mol. The normalized spacial score (nSPS) is 16.3. The van der Waals surface area contributed by atoms with Gasteiger partial charge in [0, 0.05) is 15.3 Å². The van der Waals surface area contributed by atoms with E-state index < -0.39 is 21.5 Å². The Balaban J connectivity index is 0.00000220. The first-order chi connectivity index (χ1) is 18.3. The summed E-state index contributed by atoms with van der Waals surface area (Å²) >= 11 is 0. The number of ether oxygens (including phenoxy) is 2. The van der Waals surface area contributed by atoms with Crippen molar-refractivity contribution in [2.45, 2.75) is 62.3 Å². The van der Waals surface area contributed by atoms with Crippen LogP contribution in [0.4, 0.5) is 0 Å². The molecule has 2 aliphatic rings. The highest BCUT2D eigenvalue weighted by atomic mass is 32.2. The number of benzene rings is 3. The zero-order valence-electron chi connectivity index (χ0n) is 21.7. The third-order valence-corrected chi connectivity index (χ3v) is 9.07. The Labute approximate surface area is 226 Å². The van der Waals surface area contributed by atoms with E-state index in [2.05, 4.69) is 4.72 Å². The van der Waals surface area contributed by atoms with Gasteiger partial charge in [0.25, 0.3) is 0 Å². The third-order valence-electron chi connectivity index (χ3n) is 7.53. The van der Waals surface area contributed by atoms with E-state index in [0.717, 1.165) is 47.1 Å². The Bertz CT molecular complexity index is 1460. The maximum Gasteiger partial charge on any atom is 0.240 e. The summed E-state index contributed by atoms with van der Waals surface area (Å²) in [4.78, 5) is 13.6. The number of Topliss-reactive ketones (excluding diaryl/α,β-unsaturated/α-hetero) is 1. The largest absolute Gasteiger partial charge is 0.454 e. The second-order valence-electron chi connectivity index (χ2n) is 10.2. The van der Waals surface area contributed by atoms with Crippen LogP contribution in [0.25, 0.3) is 11.1 Å². The van der Waals surface area contributed by atoms with Gasteiger partial charge in [0.15, 0.2) is 11.5 Å². The average molecular weight is 540 g/mol.